The third-order valence-corrected chi connectivity index (χ3v) is 3.92. The van der Waals surface area contributed by atoms with Crippen LogP contribution in [-0.4, -0.2) is 25.0 Å². The maximum Gasteiger partial charge on any atom is 0.00122 e. The molecule has 0 N–H and O–H groups in total. The first-order valence-electron chi connectivity index (χ1n) is 6.25. The van der Waals surface area contributed by atoms with Crippen LogP contribution in [0.3, 0.4) is 0 Å². The zero-order valence-electron chi connectivity index (χ0n) is 10.5. The molecule has 1 fully saturated rings. The van der Waals surface area contributed by atoms with Crippen molar-refractivity contribution in [1.29, 1.82) is 0 Å². The molecule has 0 spiro atoms. The molecular weight excluding hydrogens is 170 g/mol. The van der Waals surface area contributed by atoms with Gasteiger partial charge in [-0.05, 0) is 37.8 Å². The van der Waals surface area contributed by atoms with Crippen molar-refractivity contribution in [2.45, 2.75) is 52.9 Å². The van der Waals surface area contributed by atoms with Crippen molar-refractivity contribution < 1.29 is 0 Å². The fourth-order valence-electron chi connectivity index (χ4n) is 2.61. The third-order valence-electron chi connectivity index (χ3n) is 3.92. The van der Waals surface area contributed by atoms with Gasteiger partial charge in [0.1, 0.15) is 0 Å². The molecule has 1 atom stereocenters. The van der Waals surface area contributed by atoms with Crippen LogP contribution in [0.1, 0.15) is 52.9 Å². The van der Waals surface area contributed by atoms with Crippen LogP contribution >= 0.6 is 0 Å². The van der Waals surface area contributed by atoms with Crippen LogP contribution in [0, 0.1) is 11.3 Å². The summed E-state index contributed by atoms with van der Waals surface area (Å²) in [6.07, 6.45) is 7.01. The zero-order chi connectivity index (χ0) is 10.6. The molecule has 14 heavy (non-hydrogen) atoms. The number of hydrogen-bond acceptors (Lipinski definition) is 1. The smallest absolute Gasteiger partial charge is 0.00122 e. The maximum atomic E-state index is 2.48. The van der Waals surface area contributed by atoms with Crippen molar-refractivity contribution >= 4 is 0 Å². The largest absolute Gasteiger partial charge is 0.306 e. The van der Waals surface area contributed by atoms with Gasteiger partial charge in [-0.3, -0.25) is 0 Å². The fraction of sp³-hybridized carbons (Fsp3) is 1.00. The van der Waals surface area contributed by atoms with Gasteiger partial charge in [-0.25, -0.2) is 0 Å². The van der Waals surface area contributed by atoms with Crippen molar-refractivity contribution in [3.63, 3.8) is 0 Å². The second-order valence-electron chi connectivity index (χ2n) is 5.69. The highest BCUT2D eigenvalue weighted by molar-refractivity contribution is 4.85. The number of nitrogens with zero attached hydrogens (tertiary/aromatic N) is 1. The Morgan fingerprint density at radius 1 is 1.29 bits per heavy atom. The molecule has 0 aromatic carbocycles. The highest BCUT2D eigenvalue weighted by Crippen LogP contribution is 2.37. The molecule has 0 aliphatic carbocycles. The van der Waals surface area contributed by atoms with Gasteiger partial charge < -0.3 is 4.90 Å². The maximum absolute atomic E-state index is 2.48. The Labute approximate surface area is 89.9 Å². The van der Waals surface area contributed by atoms with E-state index in [-0.39, 0.29) is 0 Å². The van der Waals surface area contributed by atoms with Gasteiger partial charge >= 0.3 is 0 Å². The highest BCUT2D eigenvalue weighted by Gasteiger charge is 2.33. The first-order chi connectivity index (χ1) is 6.56. The number of rotatable bonds is 5. The number of likely N-dealkylation sites (tertiary alicyclic amines) is 1. The van der Waals surface area contributed by atoms with E-state index in [1.165, 1.54) is 45.2 Å². The van der Waals surface area contributed by atoms with Crippen molar-refractivity contribution in [2.24, 2.45) is 11.3 Å². The molecule has 1 nitrogen and oxygen atoms in total. The molecule has 1 aliphatic rings. The van der Waals surface area contributed by atoms with Crippen LogP contribution in [0.4, 0.5) is 0 Å². The van der Waals surface area contributed by atoms with Crippen LogP contribution < -0.4 is 0 Å². The summed E-state index contributed by atoms with van der Waals surface area (Å²) >= 11 is 0. The monoisotopic (exact) mass is 197 g/mol. The van der Waals surface area contributed by atoms with Gasteiger partial charge in [-0.1, -0.05) is 40.0 Å². The van der Waals surface area contributed by atoms with Crippen molar-refractivity contribution in [2.75, 3.05) is 20.1 Å². The van der Waals surface area contributed by atoms with Crippen molar-refractivity contribution in [3.05, 3.63) is 0 Å². The predicted octanol–water partition coefficient (Wildman–Crippen LogP) is 3.54. The van der Waals surface area contributed by atoms with Gasteiger partial charge in [-0.15, -0.1) is 0 Å². The Hall–Kier alpha value is -0.0400. The van der Waals surface area contributed by atoms with E-state index in [9.17, 15) is 0 Å². The topological polar surface area (TPSA) is 3.24 Å². The van der Waals surface area contributed by atoms with Gasteiger partial charge in [0.2, 0.25) is 0 Å². The molecule has 0 saturated carbocycles. The van der Waals surface area contributed by atoms with E-state index in [1.54, 1.807) is 0 Å². The van der Waals surface area contributed by atoms with E-state index < -0.39 is 0 Å². The van der Waals surface area contributed by atoms with Gasteiger partial charge in [0, 0.05) is 6.54 Å². The summed E-state index contributed by atoms with van der Waals surface area (Å²) in [5.41, 5.74) is 0.569. The minimum Gasteiger partial charge on any atom is -0.306 e. The molecule has 0 aromatic rings. The molecule has 1 heteroatoms. The summed E-state index contributed by atoms with van der Waals surface area (Å²) < 4.78 is 0. The number of hydrogen-bond donors (Lipinski definition) is 0. The quantitative estimate of drug-likeness (QED) is 0.609. The Morgan fingerprint density at radius 2 is 2.00 bits per heavy atom. The molecule has 0 radical (unpaired) electrons. The van der Waals surface area contributed by atoms with Gasteiger partial charge in [0.15, 0.2) is 0 Å². The van der Waals surface area contributed by atoms with Crippen LogP contribution in [0.2, 0.25) is 0 Å². The Bertz CT molecular complexity index is 163. The minimum atomic E-state index is 0.569. The first kappa shape index (κ1) is 12.0. The van der Waals surface area contributed by atoms with Crippen LogP contribution in [0.5, 0.6) is 0 Å². The summed E-state index contributed by atoms with van der Waals surface area (Å²) in [6.45, 7) is 9.84. The van der Waals surface area contributed by atoms with E-state index in [4.69, 9.17) is 0 Å². The zero-order valence-corrected chi connectivity index (χ0v) is 10.5. The molecule has 1 rings (SSSR count). The molecule has 84 valence electrons. The molecule has 1 saturated heterocycles. The average molecular weight is 197 g/mol. The van der Waals surface area contributed by atoms with Crippen LogP contribution in [0.15, 0.2) is 0 Å². The molecule has 0 aromatic heterocycles. The lowest BCUT2D eigenvalue weighted by molar-refractivity contribution is 0.192. The van der Waals surface area contributed by atoms with Gasteiger partial charge in [0.25, 0.3) is 0 Å². The minimum absolute atomic E-state index is 0.569. The average Bonchev–Trinajstić information content (AvgIpc) is 2.53. The molecule has 1 heterocycles. The molecule has 1 unspecified atom stereocenters. The van der Waals surface area contributed by atoms with Crippen LogP contribution in [0.25, 0.3) is 0 Å². The fourth-order valence-corrected chi connectivity index (χ4v) is 2.61. The van der Waals surface area contributed by atoms with E-state index in [0.29, 0.717) is 5.41 Å². The van der Waals surface area contributed by atoms with Gasteiger partial charge in [-0.2, -0.15) is 0 Å². The lowest BCUT2D eigenvalue weighted by Gasteiger charge is -2.31. The summed E-state index contributed by atoms with van der Waals surface area (Å²) in [5, 5.41) is 0. The normalized spacial score (nSPS) is 24.4. The first-order valence-corrected chi connectivity index (χ1v) is 6.25. The Balaban J connectivity index is 2.32. The van der Waals surface area contributed by atoms with E-state index >= 15 is 0 Å². The van der Waals surface area contributed by atoms with Crippen LogP contribution in [-0.2, 0) is 0 Å². The summed E-state index contributed by atoms with van der Waals surface area (Å²) in [6, 6.07) is 0. The van der Waals surface area contributed by atoms with E-state index in [0.717, 1.165) is 5.92 Å². The molecule has 0 amide bonds. The Kier molecular flexibility index (Phi) is 4.43. The summed E-state index contributed by atoms with van der Waals surface area (Å²) in [7, 11) is 2.25. The third kappa shape index (κ3) is 3.27. The second kappa shape index (κ2) is 5.16. The van der Waals surface area contributed by atoms with E-state index in [2.05, 4.69) is 32.7 Å². The van der Waals surface area contributed by atoms with Crippen molar-refractivity contribution in [1.82, 2.24) is 4.90 Å². The lowest BCUT2D eigenvalue weighted by atomic mass is 9.74. The predicted molar refractivity (Wildman–Crippen MR) is 63.5 cm³/mol. The second-order valence-corrected chi connectivity index (χ2v) is 5.69. The number of unbranched alkanes of at least 4 members (excludes halogenated alkanes) is 2. The molecular formula is C13H27N. The lowest BCUT2D eigenvalue weighted by Crippen LogP contribution is -2.26. The molecule has 1 aliphatic heterocycles. The molecule has 0 bridgehead atoms. The van der Waals surface area contributed by atoms with E-state index in [1.807, 2.05) is 0 Å². The Morgan fingerprint density at radius 3 is 2.50 bits per heavy atom. The summed E-state index contributed by atoms with van der Waals surface area (Å²) in [4.78, 5) is 2.48. The van der Waals surface area contributed by atoms with Crippen molar-refractivity contribution in [3.8, 4) is 0 Å². The van der Waals surface area contributed by atoms with Gasteiger partial charge in [0.05, 0.1) is 0 Å². The highest BCUT2D eigenvalue weighted by atomic mass is 15.1. The summed E-state index contributed by atoms with van der Waals surface area (Å²) in [5.74, 6) is 0.935. The standard InChI is InChI=1S/C13H27N/c1-5-6-7-9-13(2,3)12-8-10-14(4)11-12/h12H,5-11H2,1-4H3. The SMILES string of the molecule is CCCCCC(C)(C)C1CCN(C)C1.